The minimum Gasteiger partial charge on any atom is -0.453 e. The van der Waals surface area contributed by atoms with Gasteiger partial charge in [-0.3, -0.25) is 4.79 Å². The van der Waals surface area contributed by atoms with Crippen LogP contribution in [0.2, 0.25) is 0 Å². The molecule has 6 heteroatoms. The Morgan fingerprint density at radius 2 is 1.67 bits per heavy atom. The summed E-state index contributed by atoms with van der Waals surface area (Å²) < 4.78 is 43.7. The number of fused-ring (bicyclic) bond motifs is 2. The van der Waals surface area contributed by atoms with Gasteiger partial charge in [0.1, 0.15) is 0 Å². The highest BCUT2D eigenvalue weighted by atomic mass is 19.4. The Kier molecular flexibility index (Phi) is 2.90. The van der Waals surface area contributed by atoms with Gasteiger partial charge in [-0.2, -0.15) is 13.2 Å². The number of Topliss-reactive ketones (excluding diaryl/α,β-unsaturated/α-hetero) is 1. The Balaban J connectivity index is 2.01. The van der Waals surface area contributed by atoms with E-state index >= 15 is 0 Å². The fourth-order valence-electron chi connectivity index (χ4n) is 2.09. The van der Waals surface area contributed by atoms with Gasteiger partial charge in [0.15, 0.2) is 17.3 Å². The summed E-state index contributed by atoms with van der Waals surface area (Å²) in [5, 5.41) is 2.87. The maximum absolute atomic E-state index is 12.7. The van der Waals surface area contributed by atoms with Crippen molar-refractivity contribution in [2.45, 2.75) is 13.1 Å². The minimum absolute atomic E-state index is 0.130. The number of hydrogen-bond donors (Lipinski definition) is 1. The van der Waals surface area contributed by atoms with Crippen LogP contribution in [0.3, 0.4) is 0 Å². The van der Waals surface area contributed by atoms with E-state index in [1.165, 1.54) is 13.0 Å². The Hall–Kier alpha value is -2.50. The molecular weight excluding hydrogens is 283 g/mol. The smallest absolute Gasteiger partial charge is 0.416 e. The Labute approximate surface area is 118 Å². The average Bonchev–Trinajstić information content (AvgIpc) is 2.42. The second-order valence-corrected chi connectivity index (χ2v) is 4.70. The van der Waals surface area contributed by atoms with E-state index in [0.29, 0.717) is 22.7 Å². The molecular formula is C15H10F3NO2. The van der Waals surface area contributed by atoms with Gasteiger partial charge in [0, 0.05) is 5.56 Å². The highest BCUT2D eigenvalue weighted by molar-refractivity contribution is 5.96. The molecule has 1 heterocycles. The summed E-state index contributed by atoms with van der Waals surface area (Å²) in [6.45, 7) is 1.42. The Bertz CT molecular complexity index is 738. The molecule has 0 atom stereocenters. The van der Waals surface area contributed by atoms with Crippen LogP contribution in [0.1, 0.15) is 22.8 Å². The monoisotopic (exact) mass is 293 g/mol. The van der Waals surface area contributed by atoms with Crippen molar-refractivity contribution in [2.24, 2.45) is 0 Å². The molecule has 1 aliphatic heterocycles. The molecule has 108 valence electrons. The highest BCUT2D eigenvalue weighted by Gasteiger charge is 2.32. The molecule has 0 saturated heterocycles. The van der Waals surface area contributed by atoms with Crippen molar-refractivity contribution in [3.63, 3.8) is 0 Å². The summed E-state index contributed by atoms with van der Waals surface area (Å²) in [5.74, 6) is 0.646. The van der Waals surface area contributed by atoms with E-state index in [4.69, 9.17) is 4.74 Å². The standard InChI is InChI=1S/C15H10F3NO2/c1-8(20)9-2-4-13-11(6-9)19-12-7-10(15(16,17)18)3-5-14(12)21-13/h2-7,19H,1H3. The maximum atomic E-state index is 12.7. The lowest BCUT2D eigenvalue weighted by Crippen LogP contribution is -2.09. The number of carbonyl (C=O) groups is 1. The molecule has 2 aromatic carbocycles. The number of rotatable bonds is 1. The van der Waals surface area contributed by atoms with Gasteiger partial charge in [-0.1, -0.05) is 0 Å². The summed E-state index contributed by atoms with van der Waals surface area (Å²) >= 11 is 0. The molecule has 0 saturated carbocycles. The zero-order valence-electron chi connectivity index (χ0n) is 10.9. The fraction of sp³-hybridized carbons (Fsp3) is 0.133. The van der Waals surface area contributed by atoms with Crippen molar-refractivity contribution < 1.29 is 22.7 Å². The van der Waals surface area contributed by atoms with Crippen molar-refractivity contribution >= 4 is 17.2 Å². The topological polar surface area (TPSA) is 38.3 Å². The minimum atomic E-state index is -4.42. The third-order valence-corrected chi connectivity index (χ3v) is 3.18. The number of ketones is 1. The fourth-order valence-corrected chi connectivity index (χ4v) is 2.09. The first-order valence-electron chi connectivity index (χ1n) is 6.16. The highest BCUT2D eigenvalue weighted by Crippen LogP contribution is 2.44. The first-order chi connectivity index (χ1) is 9.84. The van der Waals surface area contributed by atoms with E-state index in [0.717, 1.165) is 12.1 Å². The second kappa shape index (κ2) is 4.51. The number of anilines is 2. The SMILES string of the molecule is CC(=O)c1ccc2c(c1)Nc1cc(C(F)(F)F)ccc1O2. The number of ether oxygens (including phenoxy) is 1. The lowest BCUT2D eigenvalue weighted by Gasteiger charge is -2.23. The molecule has 0 fully saturated rings. The molecule has 0 bridgehead atoms. The molecule has 0 radical (unpaired) electrons. The molecule has 0 spiro atoms. The zero-order valence-corrected chi connectivity index (χ0v) is 10.9. The average molecular weight is 293 g/mol. The van der Waals surface area contributed by atoms with E-state index in [2.05, 4.69) is 5.32 Å². The van der Waals surface area contributed by atoms with Crippen molar-refractivity contribution in [2.75, 3.05) is 5.32 Å². The molecule has 21 heavy (non-hydrogen) atoms. The summed E-state index contributed by atoms with van der Waals surface area (Å²) in [5.41, 5.74) is 0.386. The normalized spacial score (nSPS) is 12.8. The van der Waals surface area contributed by atoms with Gasteiger partial charge < -0.3 is 10.1 Å². The molecule has 1 N–H and O–H groups in total. The van der Waals surface area contributed by atoms with Crippen LogP contribution in [0.5, 0.6) is 11.5 Å². The van der Waals surface area contributed by atoms with Gasteiger partial charge in [-0.25, -0.2) is 0 Å². The number of nitrogens with one attached hydrogen (secondary N) is 1. The Morgan fingerprint density at radius 3 is 2.29 bits per heavy atom. The van der Waals surface area contributed by atoms with Crippen LogP contribution in [0.4, 0.5) is 24.5 Å². The van der Waals surface area contributed by atoms with Crippen LogP contribution in [-0.4, -0.2) is 5.78 Å². The lowest BCUT2D eigenvalue weighted by atomic mass is 10.1. The largest absolute Gasteiger partial charge is 0.453 e. The first kappa shape index (κ1) is 13.5. The Morgan fingerprint density at radius 1 is 1.05 bits per heavy atom. The van der Waals surface area contributed by atoms with Crippen LogP contribution in [-0.2, 0) is 6.18 Å². The van der Waals surface area contributed by atoms with Crippen molar-refractivity contribution in [1.29, 1.82) is 0 Å². The summed E-state index contributed by atoms with van der Waals surface area (Å²) in [6.07, 6.45) is -4.42. The van der Waals surface area contributed by atoms with E-state index < -0.39 is 11.7 Å². The number of carbonyl (C=O) groups excluding carboxylic acids is 1. The maximum Gasteiger partial charge on any atom is 0.416 e. The molecule has 0 amide bonds. The molecule has 0 unspecified atom stereocenters. The summed E-state index contributed by atoms with van der Waals surface area (Å²) in [6, 6.07) is 8.00. The van der Waals surface area contributed by atoms with Gasteiger partial charge in [-0.15, -0.1) is 0 Å². The molecule has 0 aliphatic carbocycles. The van der Waals surface area contributed by atoms with Crippen LogP contribution in [0.25, 0.3) is 0 Å². The lowest BCUT2D eigenvalue weighted by molar-refractivity contribution is -0.137. The number of benzene rings is 2. The molecule has 3 rings (SSSR count). The number of halogens is 3. The summed E-state index contributed by atoms with van der Waals surface area (Å²) in [7, 11) is 0. The number of alkyl halides is 3. The zero-order chi connectivity index (χ0) is 15.2. The van der Waals surface area contributed by atoms with E-state index in [-0.39, 0.29) is 11.5 Å². The van der Waals surface area contributed by atoms with Crippen molar-refractivity contribution in [3.05, 3.63) is 47.5 Å². The van der Waals surface area contributed by atoms with E-state index in [1.54, 1.807) is 18.2 Å². The van der Waals surface area contributed by atoms with Crippen LogP contribution < -0.4 is 10.1 Å². The van der Waals surface area contributed by atoms with Crippen molar-refractivity contribution in [3.8, 4) is 11.5 Å². The van der Waals surface area contributed by atoms with Gasteiger partial charge in [0.2, 0.25) is 0 Å². The van der Waals surface area contributed by atoms with Crippen LogP contribution in [0, 0.1) is 0 Å². The third kappa shape index (κ3) is 2.44. The quantitative estimate of drug-likeness (QED) is 0.657. The third-order valence-electron chi connectivity index (χ3n) is 3.18. The van der Waals surface area contributed by atoms with Crippen LogP contribution >= 0.6 is 0 Å². The molecule has 1 aliphatic rings. The van der Waals surface area contributed by atoms with E-state index in [9.17, 15) is 18.0 Å². The predicted molar refractivity (Wildman–Crippen MR) is 71.2 cm³/mol. The van der Waals surface area contributed by atoms with Crippen LogP contribution in [0.15, 0.2) is 36.4 Å². The van der Waals surface area contributed by atoms with Gasteiger partial charge >= 0.3 is 6.18 Å². The molecule has 2 aromatic rings. The summed E-state index contributed by atoms with van der Waals surface area (Å²) in [4.78, 5) is 11.3. The predicted octanol–water partition coefficient (Wildman–Crippen LogP) is 4.76. The first-order valence-corrected chi connectivity index (χ1v) is 6.16. The number of hydrogen-bond acceptors (Lipinski definition) is 3. The second-order valence-electron chi connectivity index (χ2n) is 4.70. The molecule has 0 aromatic heterocycles. The van der Waals surface area contributed by atoms with Crippen molar-refractivity contribution in [1.82, 2.24) is 0 Å². The van der Waals surface area contributed by atoms with Gasteiger partial charge in [-0.05, 0) is 43.3 Å². The van der Waals surface area contributed by atoms with E-state index in [1.807, 2.05) is 0 Å². The van der Waals surface area contributed by atoms with Gasteiger partial charge in [0.25, 0.3) is 0 Å². The van der Waals surface area contributed by atoms with Gasteiger partial charge in [0.05, 0.1) is 16.9 Å². The molecule has 3 nitrogen and oxygen atoms in total.